The summed E-state index contributed by atoms with van der Waals surface area (Å²) in [5, 5.41) is 3.39. The normalized spacial score (nSPS) is 18.9. The van der Waals surface area contributed by atoms with Crippen molar-refractivity contribution >= 4 is 30.5 Å². The molecule has 1 aromatic carbocycles. The standard InChI is InChI=1S/C12H18N2O.2ClH/c1-10-9-13-6-7-14(10)11-4-3-5-12(8-11)15-2;;/h3-5,8,10,13H,6-7,9H2,1-2H3;2*1H. The van der Waals surface area contributed by atoms with Gasteiger partial charge >= 0.3 is 0 Å². The molecule has 1 unspecified atom stereocenters. The Balaban J connectivity index is 0.00000128. The van der Waals surface area contributed by atoms with Crippen LogP contribution >= 0.6 is 24.8 Å². The van der Waals surface area contributed by atoms with Crippen LogP contribution in [0.3, 0.4) is 0 Å². The molecule has 0 radical (unpaired) electrons. The molecule has 2 rings (SSSR count). The minimum atomic E-state index is 0. The van der Waals surface area contributed by atoms with Crippen LogP contribution in [0, 0.1) is 0 Å². The molecule has 1 atom stereocenters. The van der Waals surface area contributed by atoms with Gasteiger partial charge in [0, 0.05) is 37.4 Å². The Morgan fingerprint density at radius 1 is 1.35 bits per heavy atom. The number of nitrogens with one attached hydrogen (secondary N) is 1. The van der Waals surface area contributed by atoms with E-state index >= 15 is 0 Å². The molecule has 1 aliphatic heterocycles. The molecule has 1 heterocycles. The van der Waals surface area contributed by atoms with Crippen LogP contribution in [0.15, 0.2) is 24.3 Å². The maximum absolute atomic E-state index is 5.24. The lowest BCUT2D eigenvalue weighted by atomic mass is 10.2. The number of halogens is 2. The minimum absolute atomic E-state index is 0. The molecule has 3 nitrogen and oxygen atoms in total. The number of anilines is 1. The summed E-state index contributed by atoms with van der Waals surface area (Å²) in [6.07, 6.45) is 0. The van der Waals surface area contributed by atoms with Gasteiger partial charge in [0.2, 0.25) is 0 Å². The number of hydrogen-bond donors (Lipinski definition) is 1. The Labute approximate surface area is 115 Å². The molecule has 0 bridgehead atoms. The lowest BCUT2D eigenvalue weighted by molar-refractivity contribution is 0.414. The van der Waals surface area contributed by atoms with E-state index in [9.17, 15) is 0 Å². The first-order valence-electron chi connectivity index (χ1n) is 5.42. The summed E-state index contributed by atoms with van der Waals surface area (Å²) in [7, 11) is 1.71. The van der Waals surface area contributed by atoms with Crippen LogP contribution in [0.4, 0.5) is 5.69 Å². The SMILES string of the molecule is COc1cccc(N2CCNCC2C)c1.Cl.Cl. The van der Waals surface area contributed by atoms with E-state index in [1.54, 1.807) is 7.11 Å². The molecule has 0 spiro atoms. The predicted octanol–water partition coefficient (Wildman–Crippen LogP) is 2.34. The minimum Gasteiger partial charge on any atom is -0.497 e. The zero-order chi connectivity index (χ0) is 10.7. The lowest BCUT2D eigenvalue weighted by Crippen LogP contribution is -2.49. The van der Waals surface area contributed by atoms with Crippen molar-refractivity contribution < 1.29 is 4.74 Å². The fraction of sp³-hybridized carbons (Fsp3) is 0.500. The van der Waals surface area contributed by atoms with E-state index in [4.69, 9.17) is 4.74 Å². The maximum Gasteiger partial charge on any atom is 0.120 e. The summed E-state index contributed by atoms with van der Waals surface area (Å²) in [4.78, 5) is 2.42. The van der Waals surface area contributed by atoms with E-state index in [-0.39, 0.29) is 24.8 Å². The van der Waals surface area contributed by atoms with Crippen LogP contribution in [0.5, 0.6) is 5.75 Å². The molecule has 1 fully saturated rings. The fourth-order valence-electron chi connectivity index (χ4n) is 2.01. The van der Waals surface area contributed by atoms with Crippen LogP contribution in [-0.2, 0) is 0 Å². The Morgan fingerprint density at radius 3 is 2.76 bits per heavy atom. The first kappa shape index (κ1) is 16.4. The number of rotatable bonds is 2. The summed E-state index contributed by atoms with van der Waals surface area (Å²) in [5.74, 6) is 0.929. The van der Waals surface area contributed by atoms with Gasteiger partial charge in [-0.1, -0.05) is 6.07 Å². The summed E-state index contributed by atoms with van der Waals surface area (Å²) in [6.45, 7) is 5.42. The van der Waals surface area contributed by atoms with Gasteiger partial charge in [-0.05, 0) is 19.1 Å². The van der Waals surface area contributed by atoms with Gasteiger partial charge in [-0.2, -0.15) is 0 Å². The average molecular weight is 279 g/mol. The fourth-order valence-corrected chi connectivity index (χ4v) is 2.01. The molecular weight excluding hydrogens is 259 g/mol. The van der Waals surface area contributed by atoms with Crippen LogP contribution in [0.2, 0.25) is 0 Å². The van der Waals surface area contributed by atoms with E-state index in [1.165, 1.54) is 5.69 Å². The van der Waals surface area contributed by atoms with E-state index in [0.717, 1.165) is 25.4 Å². The number of ether oxygens (including phenoxy) is 1. The second-order valence-corrected chi connectivity index (χ2v) is 3.95. The third kappa shape index (κ3) is 3.95. The second kappa shape index (κ2) is 7.64. The average Bonchev–Trinajstić information content (AvgIpc) is 2.30. The van der Waals surface area contributed by atoms with Gasteiger partial charge < -0.3 is 15.0 Å². The van der Waals surface area contributed by atoms with Gasteiger partial charge in [0.1, 0.15) is 5.75 Å². The van der Waals surface area contributed by atoms with Crippen LogP contribution in [0.25, 0.3) is 0 Å². The van der Waals surface area contributed by atoms with E-state index < -0.39 is 0 Å². The highest BCUT2D eigenvalue weighted by Crippen LogP contribution is 2.23. The molecule has 1 N–H and O–H groups in total. The van der Waals surface area contributed by atoms with Crippen molar-refractivity contribution in [2.45, 2.75) is 13.0 Å². The molecule has 17 heavy (non-hydrogen) atoms. The quantitative estimate of drug-likeness (QED) is 0.899. The van der Waals surface area contributed by atoms with Crippen LogP contribution in [-0.4, -0.2) is 32.8 Å². The summed E-state index contributed by atoms with van der Waals surface area (Å²) < 4.78 is 5.24. The molecule has 1 saturated heterocycles. The second-order valence-electron chi connectivity index (χ2n) is 3.95. The lowest BCUT2D eigenvalue weighted by Gasteiger charge is -2.36. The number of nitrogens with zero attached hydrogens (tertiary/aromatic N) is 1. The third-order valence-corrected chi connectivity index (χ3v) is 2.89. The summed E-state index contributed by atoms with van der Waals surface area (Å²) in [6, 6.07) is 8.82. The smallest absolute Gasteiger partial charge is 0.120 e. The largest absolute Gasteiger partial charge is 0.497 e. The first-order chi connectivity index (χ1) is 7.31. The molecule has 0 aromatic heterocycles. The zero-order valence-corrected chi connectivity index (χ0v) is 11.8. The highest BCUT2D eigenvalue weighted by atomic mass is 35.5. The first-order valence-corrected chi connectivity index (χ1v) is 5.42. The van der Waals surface area contributed by atoms with Crippen molar-refractivity contribution in [1.29, 1.82) is 0 Å². The van der Waals surface area contributed by atoms with Gasteiger partial charge in [0.15, 0.2) is 0 Å². The van der Waals surface area contributed by atoms with Gasteiger partial charge in [0.25, 0.3) is 0 Å². The topological polar surface area (TPSA) is 24.5 Å². The van der Waals surface area contributed by atoms with Crippen molar-refractivity contribution in [2.75, 3.05) is 31.6 Å². The number of piperazine rings is 1. The Morgan fingerprint density at radius 2 is 2.12 bits per heavy atom. The monoisotopic (exact) mass is 278 g/mol. The van der Waals surface area contributed by atoms with E-state index in [0.29, 0.717) is 6.04 Å². The number of hydrogen-bond acceptors (Lipinski definition) is 3. The maximum atomic E-state index is 5.24. The molecule has 5 heteroatoms. The Bertz CT molecular complexity index is 336. The predicted molar refractivity (Wildman–Crippen MR) is 77.2 cm³/mol. The van der Waals surface area contributed by atoms with Crippen molar-refractivity contribution in [3.05, 3.63) is 24.3 Å². The zero-order valence-electron chi connectivity index (χ0n) is 10.2. The number of methoxy groups -OCH3 is 1. The van der Waals surface area contributed by atoms with Gasteiger partial charge in [-0.25, -0.2) is 0 Å². The van der Waals surface area contributed by atoms with Gasteiger partial charge in [-0.15, -0.1) is 24.8 Å². The van der Waals surface area contributed by atoms with Gasteiger partial charge in [0.05, 0.1) is 7.11 Å². The molecule has 0 aliphatic carbocycles. The van der Waals surface area contributed by atoms with Crippen molar-refractivity contribution in [3.63, 3.8) is 0 Å². The molecule has 1 aliphatic rings. The summed E-state index contributed by atoms with van der Waals surface area (Å²) >= 11 is 0. The van der Waals surface area contributed by atoms with Crippen molar-refractivity contribution in [3.8, 4) is 5.75 Å². The highest BCUT2D eigenvalue weighted by Gasteiger charge is 2.18. The van der Waals surface area contributed by atoms with E-state index in [1.807, 2.05) is 12.1 Å². The van der Waals surface area contributed by atoms with E-state index in [2.05, 4.69) is 29.3 Å². The molecular formula is C12H20Cl2N2O. The third-order valence-electron chi connectivity index (χ3n) is 2.89. The van der Waals surface area contributed by atoms with Crippen LogP contribution in [0.1, 0.15) is 6.92 Å². The number of benzene rings is 1. The molecule has 98 valence electrons. The Kier molecular flexibility index (Phi) is 7.35. The highest BCUT2D eigenvalue weighted by molar-refractivity contribution is 5.85. The van der Waals surface area contributed by atoms with Crippen LogP contribution < -0.4 is 15.0 Å². The molecule has 0 saturated carbocycles. The summed E-state index contributed by atoms with van der Waals surface area (Å²) in [5.41, 5.74) is 1.25. The molecule has 1 aromatic rings. The van der Waals surface area contributed by atoms with Gasteiger partial charge in [-0.3, -0.25) is 0 Å². The van der Waals surface area contributed by atoms with Crippen molar-refractivity contribution in [1.82, 2.24) is 5.32 Å². The Hall–Kier alpha value is -0.640. The molecule has 0 amide bonds. The van der Waals surface area contributed by atoms with Crippen molar-refractivity contribution in [2.24, 2.45) is 0 Å².